The summed E-state index contributed by atoms with van der Waals surface area (Å²) in [7, 11) is 0. The van der Waals surface area contributed by atoms with Gasteiger partial charge in [0.25, 0.3) is 0 Å². The maximum atomic E-state index is 5.75. The summed E-state index contributed by atoms with van der Waals surface area (Å²) in [5.41, 5.74) is 4.45. The zero-order chi connectivity index (χ0) is 16.9. The minimum atomic E-state index is 0.231. The van der Waals surface area contributed by atoms with Gasteiger partial charge in [-0.05, 0) is 82.8 Å². The highest BCUT2D eigenvalue weighted by Gasteiger charge is 2.24. The first-order chi connectivity index (χ1) is 11.6. The Labute approximate surface area is 147 Å². The maximum absolute atomic E-state index is 5.75. The highest BCUT2D eigenvalue weighted by Crippen LogP contribution is 2.29. The number of benzene rings is 1. The number of ether oxygens (including phenoxy) is 1. The van der Waals surface area contributed by atoms with Gasteiger partial charge in [-0.2, -0.15) is 0 Å². The number of hydrogen-bond acceptors (Lipinski definition) is 3. The first-order valence-electron chi connectivity index (χ1n) is 9.54. The van der Waals surface area contributed by atoms with Crippen molar-refractivity contribution in [3.63, 3.8) is 0 Å². The molecule has 132 valence electrons. The van der Waals surface area contributed by atoms with Crippen molar-refractivity contribution in [3.05, 3.63) is 35.4 Å². The van der Waals surface area contributed by atoms with Crippen LogP contribution in [0.4, 0.5) is 0 Å². The van der Waals surface area contributed by atoms with Crippen LogP contribution in [0.5, 0.6) is 5.75 Å². The van der Waals surface area contributed by atoms with E-state index in [1.54, 1.807) is 5.57 Å². The topological polar surface area (TPSA) is 24.5 Å². The lowest BCUT2D eigenvalue weighted by Gasteiger charge is -2.38. The van der Waals surface area contributed by atoms with Gasteiger partial charge in [0.2, 0.25) is 0 Å². The Hall–Kier alpha value is -1.32. The molecule has 0 saturated carbocycles. The van der Waals surface area contributed by atoms with Crippen molar-refractivity contribution >= 4 is 5.57 Å². The summed E-state index contributed by atoms with van der Waals surface area (Å²) in [5, 5.41) is 3.47. The molecule has 0 aromatic heterocycles. The highest BCUT2D eigenvalue weighted by atomic mass is 16.5. The third-order valence-corrected chi connectivity index (χ3v) is 5.42. The zero-order valence-electron chi connectivity index (χ0n) is 15.5. The molecule has 1 aromatic carbocycles. The molecule has 0 spiro atoms. The molecule has 1 aromatic rings. The molecule has 0 unspecified atom stereocenters. The Morgan fingerprint density at radius 2 is 1.71 bits per heavy atom. The van der Waals surface area contributed by atoms with Gasteiger partial charge in [0.05, 0.1) is 6.10 Å². The molecule has 3 rings (SSSR count). The number of hydrogen-bond donors (Lipinski definition) is 1. The molecule has 3 nitrogen and oxygen atoms in total. The van der Waals surface area contributed by atoms with Gasteiger partial charge in [-0.1, -0.05) is 17.7 Å². The Bertz CT molecular complexity index is 546. The summed E-state index contributed by atoms with van der Waals surface area (Å²) in [6, 6.07) is 9.42. The van der Waals surface area contributed by atoms with Gasteiger partial charge < -0.3 is 10.1 Å². The predicted octanol–water partition coefficient (Wildman–Crippen LogP) is 4.10. The summed E-state index contributed by atoms with van der Waals surface area (Å²) >= 11 is 0. The van der Waals surface area contributed by atoms with Crippen LogP contribution in [0.3, 0.4) is 0 Å². The van der Waals surface area contributed by atoms with E-state index in [0.29, 0.717) is 0 Å². The van der Waals surface area contributed by atoms with E-state index >= 15 is 0 Å². The highest BCUT2D eigenvalue weighted by molar-refractivity contribution is 5.67. The molecular weight excluding hydrogens is 296 g/mol. The Kier molecular flexibility index (Phi) is 5.96. The van der Waals surface area contributed by atoms with Crippen LogP contribution in [0.2, 0.25) is 0 Å². The molecule has 0 radical (unpaired) electrons. The molecule has 2 heterocycles. The Balaban J connectivity index is 1.60. The number of allylic oxidation sites excluding steroid dienone is 1. The third-order valence-electron chi connectivity index (χ3n) is 5.42. The molecule has 3 heteroatoms. The minimum absolute atomic E-state index is 0.231. The van der Waals surface area contributed by atoms with Crippen LogP contribution in [0, 0.1) is 0 Å². The summed E-state index contributed by atoms with van der Waals surface area (Å²) in [6.07, 6.45) is 5.31. The van der Waals surface area contributed by atoms with Crippen LogP contribution >= 0.6 is 0 Å². The van der Waals surface area contributed by atoms with Crippen molar-refractivity contribution in [1.82, 2.24) is 10.2 Å². The normalized spacial score (nSPS) is 20.4. The Morgan fingerprint density at radius 3 is 2.29 bits per heavy atom. The van der Waals surface area contributed by atoms with Crippen LogP contribution in [0.15, 0.2) is 29.8 Å². The van der Waals surface area contributed by atoms with E-state index in [9.17, 15) is 0 Å². The van der Waals surface area contributed by atoms with Gasteiger partial charge in [0.1, 0.15) is 5.75 Å². The van der Waals surface area contributed by atoms with Crippen LogP contribution in [0.1, 0.15) is 52.0 Å². The second-order valence-corrected chi connectivity index (χ2v) is 7.44. The summed E-state index contributed by atoms with van der Waals surface area (Å²) in [5.74, 6) is 0.965. The Morgan fingerprint density at radius 1 is 1.08 bits per heavy atom. The van der Waals surface area contributed by atoms with E-state index < -0.39 is 0 Å². The molecule has 0 atom stereocenters. The lowest BCUT2D eigenvalue weighted by molar-refractivity contribution is 0.152. The molecule has 1 N–H and O–H groups in total. The van der Waals surface area contributed by atoms with Gasteiger partial charge in [-0.25, -0.2) is 0 Å². The van der Waals surface area contributed by atoms with Crippen LogP contribution in [-0.4, -0.2) is 43.2 Å². The number of nitrogens with zero attached hydrogens (tertiary/aromatic N) is 1. The lowest BCUT2D eigenvalue weighted by Crippen LogP contribution is -2.45. The molecule has 2 saturated heterocycles. The second kappa shape index (κ2) is 8.17. The van der Waals surface area contributed by atoms with E-state index in [1.807, 2.05) is 0 Å². The van der Waals surface area contributed by atoms with Crippen molar-refractivity contribution in [2.75, 3.05) is 26.2 Å². The molecule has 0 bridgehead atoms. The molecule has 24 heavy (non-hydrogen) atoms. The molecule has 2 aliphatic heterocycles. The van der Waals surface area contributed by atoms with Gasteiger partial charge in [0, 0.05) is 19.1 Å². The molecular formula is C21H32N2O. The van der Waals surface area contributed by atoms with Gasteiger partial charge in [0.15, 0.2) is 0 Å². The minimum Gasteiger partial charge on any atom is -0.491 e. The number of rotatable bonds is 4. The monoisotopic (exact) mass is 328 g/mol. The van der Waals surface area contributed by atoms with Crippen LogP contribution in [0.25, 0.3) is 5.57 Å². The van der Waals surface area contributed by atoms with Gasteiger partial charge in [-0.15, -0.1) is 0 Å². The largest absolute Gasteiger partial charge is 0.491 e. The van der Waals surface area contributed by atoms with Crippen molar-refractivity contribution in [3.8, 4) is 5.75 Å². The second-order valence-electron chi connectivity index (χ2n) is 7.44. The quantitative estimate of drug-likeness (QED) is 0.901. The zero-order valence-corrected chi connectivity index (χ0v) is 15.5. The number of likely N-dealkylation sites (tertiary alicyclic amines) is 1. The van der Waals surface area contributed by atoms with Crippen LogP contribution < -0.4 is 10.1 Å². The fraction of sp³-hybridized carbons (Fsp3) is 0.619. The molecule has 2 fully saturated rings. The van der Waals surface area contributed by atoms with E-state index in [-0.39, 0.29) is 6.10 Å². The summed E-state index contributed by atoms with van der Waals surface area (Å²) < 4.78 is 5.75. The van der Waals surface area contributed by atoms with E-state index in [0.717, 1.165) is 11.8 Å². The van der Waals surface area contributed by atoms with Crippen molar-refractivity contribution < 1.29 is 4.74 Å². The van der Waals surface area contributed by atoms with E-state index in [1.165, 1.54) is 63.0 Å². The first kappa shape index (κ1) is 17.5. The van der Waals surface area contributed by atoms with Crippen molar-refractivity contribution in [2.45, 2.75) is 58.6 Å². The molecule has 2 aliphatic rings. The fourth-order valence-corrected chi connectivity index (χ4v) is 3.97. The summed E-state index contributed by atoms with van der Waals surface area (Å²) in [4.78, 5) is 2.72. The average molecular weight is 329 g/mol. The van der Waals surface area contributed by atoms with Crippen LogP contribution in [-0.2, 0) is 0 Å². The standard InChI is InChI=1S/C21H32N2O/c1-16(2)24-21-6-4-18(5-7-21)17(3)19-10-14-23(15-11-19)20-8-12-22-13-9-20/h4-7,16,20,22H,8-15H2,1-3H3. The smallest absolute Gasteiger partial charge is 0.119 e. The lowest BCUT2D eigenvalue weighted by atomic mass is 9.92. The van der Waals surface area contributed by atoms with Crippen molar-refractivity contribution in [1.29, 1.82) is 0 Å². The fourth-order valence-electron chi connectivity index (χ4n) is 3.97. The average Bonchev–Trinajstić information content (AvgIpc) is 2.62. The molecule has 0 amide bonds. The van der Waals surface area contributed by atoms with E-state index in [4.69, 9.17) is 4.74 Å². The van der Waals surface area contributed by atoms with Crippen molar-refractivity contribution in [2.24, 2.45) is 0 Å². The first-order valence-corrected chi connectivity index (χ1v) is 9.54. The predicted molar refractivity (Wildman–Crippen MR) is 101 cm³/mol. The molecule has 0 aliphatic carbocycles. The summed E-state index contributed by atoms with van der Waals surface area (Å²) in [6.45, 7) is 11.3. The maximum Gasteiger partial charge on any atom is 0.119 e. The van der Waals surface area contributed by atoms with E-state index in [2.05, 4.69) is 55.3 Å². The number of piperidine rings is 2. The number of nitrogens with one attached hydrogen (secondary N) is 1. The SMILES string of the molecule is CC(=C1CCN(C2CCNCC2)CC1)c1ccc(OC(C)C)cc1. The van der Waals surface area contributed by atoms with Gasteiger partial charge >= 0.3 is 0 Å². The third kappa shape index (κ3) is 4.40. The van der Waals surface area contributed by atoms with Gasteiger partial charge in [-0.3, -0.25) is 4.90 Å².